The van der Waals surface area contributed by atoms with Crippen molar-refractivity contribution in [3.05, 3.63) is 156 Å². The minimum atomic E-state index is -2.35. The Balaban J connectivity index is 1.87. The molecule has 0 aromatic heterocycles. The van der Waals surface area contributed by atoms with Gasteiger partial charge in [0.25, 0.3) is 0 Å². The van der Waals surface area contributed by atoms with E-state index in [-0.39, 0.29) is 5.85 Å². The summed E-state index contributed by atoms with van der Waals surface area (Å²) in [5.41, 5.74) is 1.12. The Morgan fingerprint density at radius 1 is 0.471 bits per heavy atom. The number of ether oxygens (including phenoxy) is 1. The molecule has 3 heteroatoms. The third kappa shape index (κ3) is 4.26. The average Bonchev–Trinajstić information content (AvgIpc) is 2.92. The first-order valence-electron chi connectivity index (χ1n) is 11.3. The lowest BCUT2D eigenvalue weighted by Crippen LogP contribution is -2.37. The molecule has 0 fully saturated rings. The summed E-state index contributed by atoms with van der Waals surface area (Å²) in [6.07, 6.45) is 0. The van der Waals surface area contributed by atoms with E-state index in [0.29, 0.717) is 10.8 Å². The highest BCUT2D eigenvalue weighted by Crippen LogP contribution is 2.67. The summed E-state index contributed by atoms with van der Waals surface area (Å²) in [5, 5.41) is 4.38. The Kier molecular flexibility index (Phi) is 6.77. The second kappa shape index (κ2) is 10.3. The van der Waals surface area contributed by atoms with Crippen molar-refractivity contribution in [3.63, 3.8) is 0 Å². The third-order valence-electron chi connectivity index (χ3n) is 6.00. The van der Waals surface area contributed by atoms with Crippen molar-refractivity contribution in [3.8, 4) is 5.75 Å². The molecule has 34 heavy (non-hydrogen) atoms. The molecule has 1 nitrogen and oxygen atoms in total. The molecule has 166 valence electrons. The molecule has 5 aromatic carbocycles. The van der Waals surface area contributed by atoms with E-state index in [4.69, 9.17) is 16.3 Å². The van der Waals surface area contributed by atoms with Crippen molar-refractivity contribution in [2.75, 3.05) is 0 Å². The zero-order valence-corrected chi connectivity index (χ0v) is 20.3. The number of halogens is 1. The summed E-state index contributed by atoms with van der Waals surface area (Å²) in [6, 6.07) is 50.6. The molecular weight excluding hydrogens is 455 g/mol. The maximum absolute atomic E-state index is 6.98. The molecule has 1 atom stereocenters. The maximum atomic E-state index is 6.98. The van der Waals surface area contributed by atoms with Gasteiger partial charge in [-0.15, -0.1) is 0 Å². The predicted molar refractivity (Wildman–Crippen MR) is 146 cm³/mol. The standard InChI is InChI=1S/C31H25ClOP/c32-29-23-13-14-24-30(29)33-31(25-15-5-1-6-16-25)34(26-17-7-2-8-18-26,27-19-9-3-10-20-27)28-21-11-4-12-22-28/h1-24,31H/q+1. The van der Waals surface area contributed by atoms with Crippen molar-refractivity contribution in [2.24, 2.45) is 0 Å². The zero-order chi connectivity index (χ0) is 23.2. The summed E-state index contributed by atoms with van der Waals surface area (Å²) in [5.74, 6) is 0.408. The van der Waals surface area contributed by atoms with Crippen LogP contribution in [-0.2, 0) is 0 Å². The van der Waals surface area contributed by atoms with Crippen molar-refractivity contribution in [2.45, 2.75) is 5.85 Å². The lowest BCUT2D eigenvalue weighted by Gasteiger charge is -2.35. The Morgan fingerprint density at radius 2 is 0.853 bits per heavy atom. The molecule has 0 spiro atoms. The van der Waals surface area contributed by atoms with Gasteiger partial charge < -0.3 is 4.74 Å². The molecule has 1 unspecified atom stereocenters. The van der Waals surface area contributed by atoms with Gasteiger partial charge in [-0.25, -0.2) is 0 Å². The van der Waals surface area contributed by atoms with Crippen molar-refractivity contribution in [1.29, 1.82) is 0 Å². The molecule has 0 aliphatic heterocycles. The fourth-order valence-electron chi connectivity index (χ4n) is 4.49. The molecular formula is C31H25ClOP+. The number of hydrogen-bond donors (Lipinski definition) is 0. The summed E-state index contributed by atoms with van der Waals surface area (Å²) in [6.45, 7) is 0. The lowest BCUT2D eigenvalue weighted by atomic mass is 10.2. The molecule has 0 aliphatic carbocycles. The number of hydrogen-bond acceptors (Lipinski definition) is 1. The molecule has 0 radical (unpaired) electrons. The van der Waals surface area contributed by atoms with E-state index in [0.717, 1.165) is 5.56 Å². The van der Waals surface area contributed by atoms with Crippen LogP contribution < -0.4 is 20.7 Å². The van der Waals surface area contributed by atoms with Gasteiger partial charge in [0.2, 0.25) is 5.85 Å². The van der Waals surface area contributed by atoms with Gasteiger partial charge in [0.1, 0.15) is 21.7 Å². The van der Waals surface area contributed by atoms with Crippen LogP contribution in [0.3, 0.4) is 0 Å². The van der Waals surface area contributed by atoms with E-state index in [1.807, 2.05) is 30.3 Å². The molecule has 0 aliphatic rings. The van der Waals surface area contributed by atoms with E-state index in [2.05, 4.69) is 115 Å². The molecule has 0 amide bonds. The van der Waals surface area contributed by atoms with E-state index < -0.39 is 7.26 Å². The molecule has 0 saturated carbocycles. The van der Waals surface area contributed by atoms with Crippen molar-refractivity contribution in [1.82, 2.24) is 0 Å². The molecule has 0 bridgehead atoms. The van der Waals surface area contributed by atoms with Crippen molar-refractivity contribution >= 4 is 34.8 Å². The van der Waals surface area contributed by atoms with Gasteiger partial charge in [0, 0.05) is 5.56 Å². The molecule has 0 heterocycles. The number of rotatable bonds is 7. The largest absolute Gasteiger partial charge is 0.450 e. The highest BCUT2D eigenvalue weighted by molar-refractivity contribution is 7.95. The Hall–Kier alpha value is -3.38. The first-order valence-corrected chi connectivity index (χ1v) is 13.6. The molecule has 0 saturated heterocycles. The van der Waals surface area contributed by atoms with Crippen LogP contribution in [0.4, 0.5) is 0 Å². The van der Waals surface area contributed by atoms with Crippen LogP contribution in [0.5, 0.6) is 5.75 Å². The van der Waals surface area contributed by atoms with Gasteiger partial charge in [-0.2, -0.15) is 0 Å². The third-order valence-corrected chi connectivity index (χ3v) is 10.8. The minimum absolute atomic E-state index is 0.277. The van der Waals surface area contributed by atoms with Crippen LogP contribution >= 0.6 is 18.9 Å². The second-order valence-corrected chi connectivity index (χ2v) is 11.9. The highest BCUT2D eigenvalue weighted by Gasteiger charge is 2.55. The minimum Gasteiger partial charge on any atom is -0.450 e. The van der Waals surface area contributed by atoms with Crippen LogP contribution in [0.25, 0.3) is 0 Å². The Labute approximate surface area is 207 Å². The quantitative estimate of drug-likeness (QED) is 0.221. The number of benzene rings is 5. The van der Waals surface area contributed by atoms with Crippen LogP contribution in [0.1, 0.15) is 11.4 Å². The van der Waals surface area contributed by atoms with Crippen LogP contribution in [0, 0.1) is 0 Å². The van der Waals surface area contributed by atoms with Crippen LogP contribution in [0.15, 0.2) is 146 Å². The average molecular weight is 480 g/mol. The summed E-state index contributed by atoms with van der Waals surface area (Å²) in [4.78, 5) is 0. The van der Waals surface area contributed by atoms with Crippen LogP contribution in [0.2, 0.25) is 5.02 Å². The SMILES string of the molecule is Clc1ccccc1OC(c1ccccc1)[P+](c1ccccc1)(c1ccccc1)c1ccccc1. The lowest BCUT2D eigenvalue weighted by molar-refractivity contribution is 0.289. The first kappa shape index (κ1) is 22.4. The molecule has 0 N–H and O–H groups in total. The Morgan fingerprint density at radius 3 is 1.29 bits per heavy atom. The second-order valence-electron chi connectivity index (χ2n) is 8.04. The summed E-state index contributed by atoms with van der Waals surface area (Å²) < 4.78 is 6.98. The highest BCUT2D eigenvalue weighted by atomic mass is 35.5. The molecule has 5 aromatic rings. The van der Waals surface area contributed by atoms with E-state index in [9.17, 15) is 0 Å². The smallest absolute Gasteiger partial charge is 0.245 e. The fraction of sp³-hybridized carbons (Fsp3) is 0.0323. The van der Waals surface area contributed by atoms with Gasteiger partial charge in [-0.05, 0) is 48.5 Å². The number of para-hydroxylation sites is 1. The van der Waals surface area contributed by atoms with Gasteiger partial charge >= 0.3 is 0 Å². The fourth-order valence-corrected chi connectivity index (χ4v) is 9.20. The van der Waals surface area contributed by atoms with Gasteiger partial charge in [-0.1, -0.05) is 109 Å². The molecule has 5 rings (SSSR count). The van der Waals surface area contributed by atoms with E-state index >= 15 is 0 Å². The predicted octanol–water partition coefficient (Wildman–Crippen LogP) is 7.41. The maximum Gasteiger partial charge on any atom is 0.245 e. The normalized spacial score (nSPS) is 12.1. The zero-order valence-electron chi connectivity index (χ0n) is 18.7. The van der Waals surface area contributed by atoms with Crippen molar-refractivity contribution < 1.29 is 4.74 Å². The van der Waals surface area contributed by atoms with E-state index in [1.54, 1.807) is 0 Å². The van der Waals surface area contributed by atoms with Gasteiger partial charge in [0.05, 0.1) is 5.02 Å². The van der Waals surface area contributed by atoms with Gasteiger partial charge in [0.15, 0.2) is 7.26 Å². The van der Waals surface area contributed by atoms with Gasteiger partial charge in [-0.3, -0.25) is 0 Å². The van der Waals surface area contributed by atoms with Crippen LogP contribution in [-0.4, -0.2) is 0 Å². The Bertz CT molecular complexity index is 1230. The topological polar surface area (TPSA) is 9.23 Å². The monoisotopic (exact) mass is 479 g/mol. The summed E-state index contributed by atoms with van der Waals surface area (Å²) in [7, 11) is -2.35. The first-order chi connectivity index (χ1) is 16.8. The van der Waals surface area contributed by atoms with E-state index in [1.165, 1.54) is 15.9 Å². The summed E-state index contributed by atoms with van der Waals surface area (Å²) >= 11 is 6.63.